The maximum atomic E-state index is 15.0. The van der Waals surface area contributed by atoms with Gasteiger partial charge in [-0.1, -0.05) is 17.7 Å². The number of anilines is 1. The van der Waals surface area contributed by atoms with Gasteiger partial charge in [-0.25, -0.2) is 18.0 Å². The number of likely N-dealkylation sites (tertiary alicyclic amines) is 1. The molecule has 1 saturated heterocycles. The van der Waals surface area contributed by atoms with Crippen molar-refractivity contribution in [3.05, 3.63) is 36.2 Å². The highest BCUT2D eigenvalue weighted by atomic mass is 19.1. The molecule has 6 rings (SSSR count). The van der Waals surface area contributed by atoms with Gasteiger partial charge in [0.05, 0.1) is 17.6 Å². The first-order valence-electron chi connectivity index (χ1n) is 12.4. The quantitative estimate of drug-likeness (QED) is 0.436. The number of nitrogens with zero attached hydrogens (tertiary/aromatic N) is 8. The summed E-state index contributed by atoms with van der Waals surface area (Å²) in [5, 5.41) is 25.8. The number of nitriles is 1. The van der Waals surface area contributed by atoms with E-state index in [9.17, 15) is 14.0 Å². The van der Waals surface area contributed by atoms with Crippen LogP contribution < -0.4 is 5.32 Å². The third-order valence-electron chi connectivity index (χ3n) is 7.52. The zero-order valence-electron chi connectivity index (χ0n) is 20.0. The summed E-state index contributed by atoms with van der Waals surface area (Å²) in [5.74, 6) is 0.237. The largest absolute Gasteiger partial charge is 0.347 e. The Balaban J connectivity index is 1.30. The first-order chi connectivity index (χ1) is 17.6. The molecular weight excluding hydrogens is 464 g/mol. The van der Waals surface area contributed by atoms with Gasteiger partial charge in [-0.3, -0.25) is 4.90 Å². The molecule has 2 fully saturated rings. The van der Waals surface area contributed by atoms with E-state index in [2.05, 4.69) is 36.7 Å². The Kier molecular flexibility index (Phi) is 5.76. The van der Waals surface area contributed by atoms with Crippen LogP contribution >= 0.6 is 0 Å². The van der Waals surface area contributed by atoms with Gasteiger partial charge in [-0.15, -0.1) is 10.2 Å². The smallest absolute Gasteiger partial charge is 0.242 e. The summed E-state index contributed by atoms with van der Waals surface area (Å²) in [6.07, 6.45) is 4.95. The van der Waals surface area contributed by atoms with Crippen LogP contribution in [0, 0.1) is 11.3 Å². The molecule has 1 saturated carbocycles. The molecule has 3 aromatic heterocycles. The van der Waals surface area contributed by atoms with E-state index in [1.807, 2.05) is 24.3 Å². The van der Waals surface area contributed by atoms with Crippen LogP contribution in [0.4, 0.5) is 14.7 Å². The number of halogens is 2. The lowest BCUT2D eigenvalue weighted by Gasteiger charge is -2.43. The van der Waals surface area contributed by atoms with Gasteiger partial charge < -0.3 is 5.32 Å². The van der Waals surface area contributed by atoms with E-state index in [4.69, 9.17) is 0 Å². The van der Waals surface area contributed by atoms with Crippen LogP contribution in [0.25, 0.3) is 27.7 Å². The number of piperidine rings is 1. The van der Waals surface area contributed by atoms with E-state index in [1.165, 1.54) is 6.42 Å². The second-order valence-electron chi connectivity index (χ2n) is 9.79. The molecule has 0 radical (unpaired) electrons. The normalized spacial score (nSPS) is 21.9. The number of rotatable bonds is 6. The second kappa shape index (κ2) is 9.09. The molecular formula is C25H27F2N9. The average molecular weight is 492 g/mol. The van der Waals surface area contributed by atoms with E-state index >= 15 is 0 Å². The van der Waals surface area contributed by atoms with Crippen molar-refractivity contribution >= 4 is 22.5 Å². The molecule has 36 heavy (non-hydrogen) atoms. The lowest BCUT2D eigenvalue weighted by Crippen LogP contribution is -2.53. The van der Waals surface area contributed by atoms with E-state index in [-0.39, 0.29) is 11.6 Å². The minimum atomic E-state index is -1.03. The molecule has 11 heteroatoms. The first-order valence-corrected chi connectivity index (χ1v) is 12.4. The number of fused-ring (bicyclic) bond motifs is 2. The van der Waals surface area contributed by atoms with Gasteiger partial charge in [0.1, 0.15) is 29.9 Å². The van der Waals surface area contributed by atoms with Crippen molar-refractivity contribution in [3.8, 4) is 17.2 Å². The Hall–Kier alpha value is -3.65. The summed E-state index contributed by atoms with van der Waals surface area (Å²) in [5.41, 5.74) is 3.69. The Bertz CT molecular complexity index is 1450. The van der Waals surface area contributed by atoms with Gasteiger partial charge in [-0.05, 0) is 49.9 Å². The van der Waals surface area contributed by atoms with Crippen molar-refractivity contribution in [2.24, 2.45) is 0 Å². The highest BCUT2D eigenvalue weighted by Crippen LogP contribution is 2.32. The molecule has 2 unspecified atom stereocenters. The van der Waals surface area contributed by atoms with Crippen molar-refractivity contribution in [2.45, 2.75) is 56.9 Å². The van der Waals surface area contributed by atoms with E-state index in [0.29, 0.717) is 35.6 Å². The molecule has 1 aliphatic carbocycles. The van der Waals surface area contributed by atoms with Crippen LogP contribution in [0.2, 0.25) is 0 Å². The molecule has 9 nitrogen and oxygen atoms in total. The van der Waals surface area contributed by atoms with Crippen molar-refractivity contribution in [1.82, 2.24) is 34.5 Å². The van der Waals surface area contributed by atoms with Gasteiger partial charge in [-0.2, -0.15) is 10.2 Å². The number of benzene rings is 1. The molecule has 4 heterocycles. The number of hydrogen-bond donors (Lipinski definition) is 1. The van der Waals surface area contributed by atoms with Crippen molar-refractivity contribution < 1.29 is 8.78 Å². The molecule has 0 amide bonds. The molecule has 1 aliphatic heterocycles. The van der Waals surface area contributed by atoms with Crippen molar-refractivity contribution in [3.63, 3.8) is 0 Å². The fourth-order valence-corrected chi connectivity index (χ4v) is 5.23. The SMILES string of the molecule is C[C@@H](CF)n1nnc2ccc(-c3ccn4nc(NC5CCN(C6CCC6)CC5F)nc(C#N)c34)cc21. The minimum absolute atomic E-state index is 0.193. The summed E-state index contributed by atoms with van der Waals surface area (Å²) in [7, 11) is 0. The predicted molar refractivity (Wildman–Crippen MR) is 131 cm³/mol. The first kappa shape index (κ1) is 22.8. The Morgan fingerprint density at radius 3 is 2.83 bits per heavy atom. The standard InChI is InChI=1S/C25H27F2N9/c1-15(12-26)36-23-11-16(5-6-21(23)31-33-36)18-7-10-35-24(18)22(13-28)30-25(32-35)29-20-8-9-34(14-19(20)27)17-3-2-4-17/h5-7,10-11,15,17,19-20H,2-4,8-9,12,14H2,1H3,(H,29,32)/t15-,19?,20?/m0/s1. The lowest BCUT2D eigenvalue weighted by molar-refractivity contribution is 0.0552. The molecule has 1 N–H and O–H groups in total. The summed E-state index contributed by atoms with van der Waals surface area (Å²) in [6.45, 7) is 2.44. The highest BCUT2D eigenvalue weighted by Gasteiger charge is 2.35. The van der Waals surface area contributed by atoms with E-state index in [1.54, 1.807) is 22.3 Å². The lowest BCUT2D eigenvalue weighted by atomic mass is 9.89. The van der Waals surface area contributed by atoms with Gasteiger partial charge >= 0.3 is 0 Å². The molecule has 2 aliphatic rings. The van der Waals surface area contributed by atoms with Crippen LogP contribution in [-0.4, -0.2) is 72.5 Å². The Morgan fingerprint density at radius 2 is 2.11 bits per heavy atom. The number of aromatic nitrogens is 6. The van der Waals surface area contributed by atoms with Gasteiger partial charge in [0.25, 0.3) is 0 Å². The zero-order valence-corrected chi connectivity index (χ0v) is 20.0. The van der Waals surface area contributed by atoms with E-state index < -0.39 is 24.9 Å². The third kappa shape index (κ3) is 3.86. The van der Waals surface area contributed by atoms with Crippen LogP contribution in [0.1, 0.15) is 44.3 Å². The van der Waals surface area contributed by atoms with Crippen LogP contribution in [0.5, 0.6) is 0 Å². The Morgan fingerprint density at radius 1 is 1.25 bits per heavy atom. The summed E-state index contributed by atoms with van der Waals surface area (Å²) >= 11 is 0. The van der Waals surface area contributed by atoms with E-state index in [0.717, 1.165) is 30.5 Å². The molecule has 186 valence electrons. The number of hydrogen-bond acceptors (Lipinski definition) is 7. The third-order valence-corrected chi connectivity index (χ3v) is 7.52. The van der Waals surface area contributed by atoms with Crippen molar-refractivity contribution in [1.29, 1.82) is 5.26 Å². The number of alkyl halides is 2. The average Bonchev–Trinajstić information content (AvgIpc) is 3.47. The fraction of sp³-hybridized carbons (Fsp3) is 0.480. The second-order valence-corrected chi connectivity index (χ2v) is 9.79. The fourth-order valence-electron chi connectivity index (χ4n) is 5.23. The van der Waals surface area contributed by atoms with Gasteiger partial charge in [0.2, 0.25) is 5.95 Å². The molecule has 3 atom stereocenters. The van der Waals surface area contributed by atoms with Gasteiger partial charge in [0.15, 0.2) is 5.69 Å². The topological polar surface area (TPSA) is 100.0 Å². The maximum Gasteiger partial charge on any atom is 0.242 e. The maximum absolute atomic E-state index is 15.0. The summed E-state index contributed by atoms with van der Waals surface area (Å²) in [6, 6.07) is 9.30. The zero-order chi connectivity index (χ0) is 24.8. The Labute approximate surface area is 206 Å². The number of nitrogens with one attached hydrogen (secondary N) is 1. The monoisotopic (exact) mass is 491 g/mol. The summed E-state index contributed by atoms with van der Waals surface area (Å²) in [4.78, 5) is 6.69. The molecule has 0 bridgehead atoms. The molecule has 4 aromatic rings. The molecule has 0 spiro atoms. The van der Waals surface area contributed by atoms with Crippen molar-refractivity contribution in [2.75, 3.05) is 25.1 Å². The summed E-state index contributed by atoms with van der Waals surface area (Å²) < 4.78 is 31.4. The van der Waals surface area contributed by atoms with Crippen LogP contribution in [0.3, 0.4) is 0 Å². The molecule has 1 aromatic carbocycles. The minimum Gasteiger partial charge on any atom is -0.347 e. The van der Waals surface area contributed by atoms with Crippen LogP contribution in [0.15, 0.2) is 30.5 Å². The predicted octanol–water partition coefficient (Wildman–Crippen LogP) is 3.92. The van der Waals surface area contributed by atoms with Gasteiger partial charge in [0, 0.05) is 30.9 Å². The van der Waals surface area contributed by atoms with Crippen LogP contribution in [-0.2, 0) is 0 Å². The highest BCUT2D eigenvalue weighted by molar-refractivity contribution is 5.89.